The van der Waals surface area contributed by atoms with E-state index in [9.17, 15) is 4.79 Å². The first-order valence-corrected chi connectivity index (χ1v) is 14.3. The zero-order valence-corrected chi connectivity index (χ0v) is 22.6. The molecule has 1 aliphatic carbocycles. The van der Waals surface area contributed by atoms with Crippen LogP contribution >= 0.6 is 0 Å². The Kier molecular flexibility index (Phi) is 8.46. The molecule has 1 fully saturated rings. The van der Waals surface area contributed by atoms with Crippen LogP contribution in [0.1, 0.15) is 88.9 Å². The third-order valence-corrected chi connectivity index (χ3v) is 8.04. The molecule has 1 N–H and O–H groups in total. The molecule has 0 bridgehead atoms. The Morgan fingerprint density at radius 1 is 1.00 bits per heavy atom. The maximum absolute atomic E-state index is 14.1. The Labute approximate surface area is 224 Å². The summed E-state index contributed by atoms with van der Waals surface area (Å²) in [4.78, 5) is 18.5. The standard InChI is InChI=1S/C30H39N7O/c1-3-5-13-24-21-37(28-16-8-6-7-12-22(28)11-4-2)30(38)36(24)20-23-19-31-18-17-25(23)26-14-9-10-15-27(26)29-32-34-35-33-29/h9-10,14-15,17-19,21-22,28H,3-8,11-13,16,20H2,1-2H3,(H,32,33,34,35). The molecule has 5 rings (SSSR count). The van der Waals surface area contributed by atoms with Crippen LogP contribution in [-0.2, 0) is 13.0 Å². The van der Waals surface area contributed by atoms with Crippen LogP contribution in [0.25, 0.3) is 22.5 Å². The van der Waals surface area contributed by atoms with Crippen molar-refractivity contribution in [3.8, 4) is 22.5 Å². The highest BCUT2D eigenvalue weighted by Crippen LogP contribution is 2.36. The zero-order chi connectivity index (χ0) is 26.3. The van der Waals surface area contributed by atoms with Crippen LogP contribution in [-0.4, -0.2) is 34.7 Å². The van der Waals surface area contributed by atoms with Crippen LogP contribution in [0.15, 0.2) is 53.7 Å². The summed E-state index contributed by atoms with van der Waals surface area (Å²) in [6.07, 6.45) is 17.4. The molecule has 2 unspecified atom stereocenters. The van der Waals surface area contributed by atoms with E-state index in [0.29, 0.717) is 24.3 Å². The van der Waals surface area contributed by atoms with E-state index in [1.807, 2.05) is 35.0 Å². The molecule has 0 saturated heterocycles. The molecule has 4 aromatic rings. The lowest BCUT2D eigenvalue weighted by atomic mass is 9.90. The van der Waals surface area contributed by atoms with Crippen molar-refractivity contribution >= 4 is 0 Å². The third kappa shape index (κ3) is 5.49. The number of pyridine rings is 1. The van der Waals surface area contributed by atoms with Crippen molar-refractivity contribution in [2.45, 2.75) is 90.6 Å². The Morgan fingerprint density at radius 2 is 1.84 bits per heavy atom. The van der Waals surface area contributed by atoms with Gasteiger partial charge in [-0.1, -0.05) is 70.2 Å². The number of benzene rings is 1. The number of tetrazole rings is 1. The Hall–Kier alpha value is -3.55. The van der Waals surface area contributed by atoms with Gasteiger partial charge in [-0.05, 0) is 66.0 Å². The zero-order valence-electron chi connectivity index (χ0n) is 22.6. The number of aromatic nitrogens is 7. The Balaban J connectivity index is 1.56. The summed E-state index contributed by atoms with van der Waals surface area (Å²) in [6.45, 7) is 4.95. The first-order chi connectivity index (χ1) is 18.7. The molecule has 2 atom stereocenters. The lowest BCUT2D eigenvalue weighted by molar-refractivity contribution is 0.284. The average Bonchev–Trinajstić information content (AvgIpc) is 3.52. The summed E-state index contributed by atoms with van der Waals surface area (Å²) < 4.78 is 4.10. The number of hydrogen-bond acceptors (Lipinski definition) is 5. The monoisotopic (exact) mass is 513 g/mol. The highest BCUT2D eigenvalue weighted by molar-refractivity contribution is 5.81. The van der Waals surface area contributed by atoms with Gasteiger partial charge in [0.15, 0.2) is 0 Å². The summed E-state index contributed by atoms with van der Waals surface area (Å²) in [5.74, 6) is 1.12. The number of nitrogens with one attached hydrogen (secondary N) is 1. The minimum atomic E-state index is 0.116. The molecule has 1 saturated carbocycles. The van der Waals surface area contributed by atoms with Crippen molar-refractivity contribution in [3.05, 3.63) is 70.7 Å². The van der Waals surface area contributed by atoms with E-state index in [2.05, 4.69) is 56.3 Å². The van der Waals surface area contributed by atoms with Crippen LogP contribution in [0.3, 0.4) is 0 Å². The predicted octanol–water partition coefficient (Wildman–Crippen LogP) is 6.20. The van der Waals surface area contributed by atoms with Crippen LogP contribution < -0.4 is 5.69 Å². The third-order valence-electron chi connectivity index (χ3n) is 8.04. The largest absolute Gasteiger partial charge is 0.328 e. The number of H-pyrrole nitrogens is 1. The molecule has 1 aliphatic rings. The summed E-state index contributed by atoms with van der Waals surface area (Å²) in [5.41, 5.74) is 5.17. The minimum Gasteiger partial charge on any atom is -0.296 e. The Morgan fingerprint density at radius 3 is 2.63 bits per heavy atom. The van der Waals surface area contributed by atoms with Gasteiger partial charge in [-0.15, -0.1) is 10.2 Å². The molecule has 3 heterocycles. The smallest absolute Gasteiger partial charge is 0.296 e. The van der Waals surface area contributed by atoms with E-state index in [1.165, 1.54) is 32.1 Å². The van der Waals surface area contributed by atoms with Crippen molar-refractivity contribution in [2.24, 2.45) is 5.92 Å². The molecule has 8 heteroatoms. The SMILES string of the molecule is CCCCc1cn(C2CCCCCC2CCC)c(=O)n1Cc1cnccc1-c1ccccc1-c1nn[nH]n1. The van der Waals surface area contributed by atoms with Gasteiger partial charge in [-0.25, -0.2) is 4.79 Å². The van der Waals surface area contributed by atoms with Gasteiger partial charge >= 0.3 is 5.69 Å². The normalized spacial score (nSPS) is 17.9. The van der Waals surface area contributed by atoms with Crippen LogP contribution in [0, 0.1) is 5.92 Å². The second-order valence-electron chi connectivity index (χ2n) is 10.6. The summed E-state index contributed by atoms with van der Waals surface area (Å²) in [7, 11) is 0. The van der Waals surface area contributed by atoms with E-state index in [1.54, 1.807) is 6.20 Å². The van der Waals surface area contributed by atoms with Gasteiger partial charge in [0.05, 0.1) is 6.54 Å². The van der Waals surface area contributed by atoms with Gasteiger partial charge in [0.25, 0.3) is 0 Å². The van der Waals surface area contributed by atoms with Crippen molar-refractivity contribution in [3.63, 3.8) is 0 Å². The number of nitrogens with zero attached hydrogens (tertiary/aromatic N) is 6. The molecule has 0 spiro atoms. The molecular weight excluding hydrogens is 474 g/mol. The van der Waals surface area contributed by atoms with Crippen molar-refractivity contribution in [1.82, 2.24) is 34.7 Å². The number of imidazole rings is 1. The van der Waals surface area contributed by atoms with Gasteiger partial charge in [-0.3, -0.25) is 14.1 Å². The molecule has 1 aromatic carbocycles. The number of aromatic amines is 1. The molecule has 0 radical (unpaired) electrons. The van der Waals surface area contributed by atoms with E-state index in [4.69, 9.17) is 0 Å². The summed E-state index contributed by atoms with van der Waals surface area (Å²) in [6, 6.07) is 10.4. The van der Waals surface area contributed by atoms with Crippen LogP contribution in [0.2, 0.25) is 0 Å². The van der Waals surface area contributed by atoms with Crippen LogP contribution in [0.4, 0.5) is 0 Å². The Bertz CT molecular complexity index is 1370. The second kappa shape index (κ2) is 12.3. The van der Waals surface area contributed by atoms with Crippen molar-refractivity contribution < 1.29 is 0 Å². The van der Waals surface area contributed by atoms with Crippen molar-refractivity contribution in [1.29, 1.82) is 0 Å². The second-order valence-corrected chi connectivity index (χ2v) is 10.6. The fourth-order valence-electron chi connectivity index (χ4n) is 6.13. The molecule has 0 aliphatic heterocycles. The lowest BCUT2D eigenvalue weighted by Crippen LogP contribution is -2.31. The number of aryl methyl sites for hydroxylation is 1. The summed E-state index contributed by atoms with van der Waals surface area (Å²) >= 11 is 0. The van der Waals surface area contributed by atoms with Gasteiger partial charge in [0.1, 0.15) is 0 Å². The first-order valence-electron chi connectivity index (χ1n) is 14.3. The fraction of sp³-hybridized carbons (Fsp3) is 0.500. The highest BCUT2D eigenvalue weighted by atomic mass is 16.1. The van der Waals surface area contributed by atoms with E-state index in [-0.39, 0.29) is 5.69 Å². The van der Waals surface area contributed by atoms with Gasteiger partial charge in [0, 0.05) is 35.9 Å². The van der Waals surface area contributed by atoms with Gasteiger partial charge in [-0.2, -0.15) is 5.21 Å². The van der Waals surface area contributed by atoms with E-state index in [0.717, 1.165) is 60.1 Å². The fourth-order valence-corrected chi connectivity index (χ4v) is 6.13. The molecular formula is C30H39N7O. The van der Waals surface area contributed by atoms with E-state index < -0.39 is 0 Å². The van der Waals surface area contributed by atoms with Gasteiger partial charge in [0.2, 0.25) is 5.82 Å². The van der Waals surface area contributed by atoms with Crippen molar-refractivity contribution in [2.75, 3.05) is 0 Å². The van der Waals surface area contributed by atoms with Crippen LogP contribution in [0.5, 0.6) is 0 Å². The van der Waals surface area contributed by atoms with Gasteiger partial charge < -0.3 is 0 Å². The van der Waals surface area contributed by atoms with E-state index >= 15 is 0 Å². The number of rotatable bonds is 10. The topological polar surface area (TPSA) is 94.3 Å². The molecule has 8 nitrogen and oxygen atoms in total. The molecule has 0 amide bonds. The average molecular weight is 514 g/mol. The lowest BCUT2D eigenvalue weighted by Gasteiger charge is -2.25. The maximum atomic E-state index is 14.1. The number of hydrogen-bond donors (Lipinski definition) is 1. The summed E-state index contributed by atoms with van der Waals surface area (Å²) in [5, 5.41) is 14.7. The number of unbranched alkanes of at least 4 members (excludes halogenated alkanes) is 1. The molecule has 200 valence electrons. The first kappa shape index (κ1) is 26.1. The highest BCUT2D eigenvalue weighted by Gasteiger charge is 2.28. The molecule has 38 heavy (non-hydrogen) atoms. The quantitative estimate of drug-likeness (QED) is 0.255. The predicted molar refractivity (Wildman–Crippen MR) is 150 cm³/mol. The minimum absolute atomic E-state index is 0.116. The maximum Gasteiger partial charge on any atom is 0.328 e. The molecule has 3 aromatic heterocycles.